The summed E-state index contributed by atoms with van der Waals surface area (Å²) >= 11 is 0. The average molecular weight is 404 g/mol. The quantitative estimate of drug-likeness (QED) is 0.266. The van der Waals surface area contributed by atoms with Gasteiger partial charge < -0.3 is 0 Å². The zero-order valence-electron chi connectivity index (χ0n) is 16.7. The van der Waals surface area contributed by atoms with Gasteiger partial charge in [-0.05, 0) is 46.7 Å². The number of benzene rings is 5. The molecule has 0 atom stereocenters. The highest BCUT2D eigenvalue weighted by molar-refractivity contribution is 7.97. The third kappa shape index (κ3) is 3.77. The Bertz CT molecular complexity index is 1210. The lowest BCUT2D eigenvalue weighted by molar-refractivity contribution is 1.13. The first-order valence-corrected chi connectivity index (χ1v) is 11.5. The van der Waals surface area contributed by atoms with Crippen LogP contribution in [0.2, 0.25) is 0 Å². The molecule has 0 spiro atoms. The second-order valence-electron chi connectivity index (χ2n) is 7.36. The molecule has 0 aliphatic heterocycles. The lowest BCUT2D eigenvalue weighted by atomic mass is 9.98. The van der Waals surface area contributed by atoms with Gasteiger partial charge in [0.05, 0.1) is 10.9 Å². The van der Waals surface area contributed by atoms with Gasteiger partial charge in [-0.15, -0.1) is 0 Å². The number of hydrogen-bond acceptors (Lipinski definition) is 0. The molecule has 0 aliphatic carbocycles. The monoisotopic (exact) mass is 403 g/mol. The minimum atomic E-state index is -0.134. The molecule has 0 nitrogen and oxygen atoms in total. The van der Waals surface area contributed by atoms with Gasteiger partial charge in [0.1, 0.15) is 0 Å². The lowest BCUT2D eigenvalue weighted by Gasteiger charge is -2.13. The van der Waals surface area contributed by atoms with Crippen molar-refractivity contribution in [3.8, 4) is 0 Å². The Kier molecular flexibility index (Phi) is 5.37. The summed E-state index contributed by atoms with van der Waals surface area (Å²) in [6.07, 6.45) is 0.931. The summed E-state index contributed by atoms with van der Waals surface area (Å²) in [5, 5.41) is 2.65. The molecule has 0 aromatic heterocycles. The Morgan fingerprint density at radius 3 is 1.70 bits per heavy atom. The minimum absolute atomic E-state index is 0.134. The molecule has 5 rings (SSSR count). The fraction of sp³-hybridized carbons (Fsp3) is 0.0345. The van der Waals surface area contributed by atoms with Crippen LogP contribution in [-0.2, 0) is 17.3 Å². The van der Waals surface area contributed by atoms with E-state index in [1.807, 2.05) is 0 Å². The molecule has 144 valence electrons. The third-order valence-corrected chi connectivity index (χ3v) is 7.74. The summed E-state index contributed by atoms with van der Waals surface area (Å²) in [4.78, 5) is 4.12. The summed E-state index contributed by atoms with van der Waals surface area (Å²) in [6.45, 7) is 0. The van der Waals surface area contributed by atoms with E-state index in [4.69, 9.17) is 0 Å². The molecule has 0 saturated carbocycles. The van der Waals surface area contributed by atoms with Crippen LogP contribution in [0.15, 0.2) is 142 Å². The predicted molar refractivity (Wildman–Crippen MR) is 128 cm³/mol. The van der Waals surface area contributed by atoms with Gasteiger partial charge in [-0.25, -0.2) is 0 Å². The van der Waals surface area contributed by atoms with Gasteiger partial charge >= 0.3 is 0 Å². The van der Waals surface area contributed by atoms with E-state index in [1.54, 1.807) is 0 Å². The fourth-order valence-electron chi connectivity index (χ4n) is 4.00. The second kappa shape index (κ2) is 8.61. The molecule has 30 heavy (non-hydrogen) atoms. The van der Waals surface area contributed by atoms with Crippen molar-refractivity contribution in [3.63, 3.8) is 0 Å². The normalized spacial score (nSPS) is 11.1. The van der Waals surface area contributed by atoms with Gasteiger partial charge in [0.2, 0.25) is 0 Å². The highest BCUT2D eigenvalue weighted by Crippen LogP contribution is 2.34. The van der Waals surface area contributed by atoms with Crippen LogP contribution in [0.1, 0.15) is 11.1 Å². The van der Waals surface area contributed by atoms with Crippen LogP contribution in [0, 0.1) is 0 Å². The van der Waals surface area contributed by atoms with Crippen molar-refractivity contribution in [2.45, 2.75) is 21.1 Å². The molecule has 0 aliphatic rings. The van der Waals surface area contributed by atoms with Gasteiger partial charge in [-0.1, -0.05) is 97.1 Å². The molecule has 5 aromatic carbocycles. The van der Waals surface area contributed by atoms with Crippen molar-refractivity contribution >= 4 is 21.7 Å². The molecule has 5 aromatic rings. The topological polar surface area (TPSA) is 0 Å². The maximum Gasteiger partial charge on any atom is 0.170 e. The number of hydrogen-bond donors (Lipinski definition) is 0. The maximum atomic E-state index is 2.31. The Morgan fingerprint density at radius 1 is 0.433 bits per heavy atom. The average Bonchev–Trinajstić information content (AvgIpc) is 2.82. The smallest absolute Gasteiger partial charge is 0.0619 e. The zero-order chi connectivity index (χ0) is 20.2. The molecule has 1 heteroatoms. The van der Waals surface area contributed by atoms with E-state index in [1.165, 1.54) is 36.6 Å². The summed E-state index contributed by atoms with van der Waals surface area (Å²) in [7, 11) is -0.134. The van der Waals surface area contributed by atoms with Gasteiger partial charge in [0.15, 0.2) is 14.7 Å². The molecule has 0 heterocycles. The second-order valence-corrected chi connectivity index (χ2v) is 9.35. The number of rotatable bonds is 5. The lowest BCUT2D eigenvalue weighted by Crippen LogP contribution is -2.08. The Balaban J connectivity index is 1.64. The highest BCUT2D eigenvalue weighted by Gasteiger charge is 2.30. The first kappa shape index (κ1) is 18.7. The van der Waals surface area contributed by atoms with Gasteiger partial charge in [-0.2, -0.15) is 0 Å². The summed E-state index contributed by atoms with van der Waals surface area (Å²) in [5.74, 6) is 0. The maximum absolute atomic E-state index is 2.31. The third-order valence-electron chi connectivity index (χ3n) is 5.41. The van der Waals surface area contributed by atoms with Crippen LogP contribution < -0.4 is 0 Å². The van der Waals surface area contributed by atoms with Crippen LogP contribution in [-0.4, -0.2) is 0 Å². The van der Waals surface area contributed by atoms with Crippen LogP contribution in [0.4, 0.5) is 0 Å². The van der Waals surface area contributed by atoms with E-state index in [2.05, 4.69) is 127 Å². The summed E-state index contributed by atoms with van der Waals surface area (Å²) in [5.41, 5.74) is 2.77. The van der Waals surface area contributed by atoms with Gasteiger partial charge in [0.25, 0.3) is 0 Å². The molecule has 0 unspecified atom stereocenters. The zero-order valence-corrected chi connectivity index (χ0v) is 17.6. The van der Waals surface area contributed by atoms with Crippen molar-refractivity contribution in [2.24, 2.45) is 0 Å². The Labute approximate surface area is 181 Å². The van der Waals surface area contributed by atoms with Gasteiger partial charge in [0, 0.05) is 12.0 Å². The largest absolute Gasteiger partial charge is 0.170 e. The molecule has 0 radical (unpaired) electrons. The van der Waals surface area contributed by atoms with Crippen molar-refractivity contribution in [1.29, 1.82) is 0 Å². The van der Waals surface area contributed by atoms with Crippen LogP contribution in [0.25, 0.3) is 10.8 Å². The Hall–Kier alpha value is -3.29. The molecular formula is C29H23S+. The molecule has 0 amide bonds. The van der Waals surface area contributed by atoms with E-state index in [0.717, 1.165) is 6.42 Å². The summed E-state index contributed by atoms with van der Waals surface area (Å²) < 4.78 is 0. The first-order chi connectivity index (χ1) is 14.9. The number of fused-ring (bicyclic) bond motifs is 1. The van der Waals surface area contributed by atoms with Gasteiger partial charge in [-0.3, -0.25) is 0 Å². The highest BCUT2D eigenvalue weighted by atomic mass is 32.2. The Morgan fingerprint density at radius 2 is 0.967 bits per heavy atom. The van der Waals surface area contributed by atoms with Crippen molar-refractivity contribution in [1.82, 2.24) is 0 Å². The molecular weight excluding hydrogens is 380 g/mol. The molecule has 0 fully saturated rings. The molecule has 0 N–H and O–H groups in total. The summed E-state index contributed by atoms with van der Waals surface area (Å²) in [6, 6.07) is 46.1. The van der Waals surface area contributed by atoms with E-state index in [9.17, 15) is 0 Å². The van der Waals surface area contributed by atoms with Crippen molar-refractivity contribution < 1.29 is 0 Å². The molecule has 0 bridgehead atoms. The van der Waals surface area contributed by atoms with Crippen LogP contribution in [0.5, 0.6) is 0 Å². The van der Waals surface area contributed by atoms with Crippen molar-refractivity contribution in [3.05, 3.63) is 139 Å². The van der Waals surface area contributed by atoms with Crippen molar-refractivity contribution in [2.75, 3.05) is 0 Å². The van der Waals surface area contributed by atoms with E-state index in [0.29, 0.717) is 0 Å². The minimum Gasteiger partial charge on any atom is -0.0619 e. The van der Waals surface area contributed by atoms with Crippen LogP contribution in [0.3, 0.4) is 0 Å². The van der Waals surface area contributed by atoms with E-state index >= 15 is 0 Å². The molecule has 0 saturated heterocycles. The van der Waals surface area contributed by atoms with E-state index in [-0.39, 0.29) is 10.9 Å². The first-order valence-electron chi connectivity index (χ1n) is 10.3. The SMILES string of the molecule is c1ccc([S+](c2ccccc2)c2ccccc2Cc2cccc3ccccc23)cc1. The fourth-order valence-corrected chi connectivity index (χ4v) is 6.26. The predicted octanol–water partition coefficient (Wildman–Crippen LogP) is 7.53. The van der Waals surface area contributed by atoms with Crippen LogP contribution >= 0.6 is 0 Å². The van der Waals surface area contributed by atoms with E-state index < -0.39 is 0 Å². The standard InChI is InChI=1S/C29H23S/c1-3-16-26(17-4-1)30(27-18-5-2-6-19-27)29-21-10-8-13-25(29)22-24-15-11-14-23-12-7-9-20-28(23)24/h1-21H,22H2/q+1.